The summed E-state index contributed by atoms with van der Waals surface area (Å²) in [6, 6.07) is 0.0775. The molecule has 18 heavy (non-hydrogen) atoms. The summed E-state index contributed by atoms with van der Waals surface area (Å²) < 4.78 is 26.4. The van der Waals surface area contributed by atoms with Gasteiger partial charge in [0, 0.05) is 18.5 Å². The van der Waals surface area contributed by atoms with Crippen molar-refractivity contribution >= 4 is 21.6 Å². The van der Waals surface area contributed by atoms with Crippen molar-refractivity contribution in [1.29, 1.82) is 0 Å². The molecule has 0 aromatic heterocycles. The maximum Gasteiger partial charge on any atom is 0.214 e. The molecule has 0 aliphatic carbocycles. The molecular formula is C13H28ClNO2S. The van der Waals surface area contributed by atoms with E-state index in [-0.39, 0.29) is 17.2 Å². The summed E-state index contributed by atoms with van der Waals surface area (Å²) in [5, 5.41) is 0. The Balaban J connectivity index is 4.86. The normalized spacial score (nSPS) is 13.6. The molecule has 0 unspecified atom stereocenters. The van der Waals surface area contributed by atoms with Crippen molar-refractivity contribution in [2.75, 3.05) is 18.2 Å². The van der Waals surface area contributed by atoms with E-state index >= 15 is 0 Å². The summed E-state index contributed by atoms with van der Waals surface area (Å²) in [4.78, 5) is 0. The summed E-state index contributed by atoms with van der Waals surface area (Å²) in [6.07, 6.45) is 2.35. The highest BCUT2D eigenvalue weighted by atomic mass is 35.5. The van der Waals surface area contributed by atoms with Crippen molar-refractivity contribution in [1.82, 2.24) is 4.31 Å². The van der Waals surface area contributed by atoms with Gasteiger partial charge in [-0.3, -0.25) is 0 Å². The lowest BCUT2D eigenvalue weighted by Crippen LogP contribution is -2.42. The number of rotatable bonds is 8. The molecule has 0 bridgehead atoms. The molecule has 0 N–H and O–H groups in total. The Hall–Kier alpha value is 0.200. The van der Waals surface area contributed by atoms with Gasteiger partial charge >= 0.3 is 0 Å². The third-order valence-corrected chi connectivity index (χ3v) is 5.21. The molecule has 0 radical (unpaired) electrons. The third-order valence-electron chi connectivity index (χ3n) is 3.12. The SMILES string of the molecule is CCC(CC)N(CCCl)S(=O)(=O)CCC(C)(C)C. The fourth-order valence-corrected chi connectivity index (χ4v) is 4.39. The quantitative estimate of drug-likeness (QED) is 0.643. The Kier molecular flexibility index (Phi) is 7.79. The lowest BCUT2D eigenvalue weighted by molar-refractivity contribution is 0.311. The van der Waals surface area contributed by atoms with Crippen LogP contribution in [0.25, 0.3) is 0 Å². The van der Waals surface area contributed by atoms with Crippen molar-refractivity contribution in [2.45, 2.75) is 59.9 Å². The Labute approximate surface area is 118 Å². The number of halogens is 1. The van der Waals surface area contributed by atoms with Crippen LogP contribution < -0.4 is 0 Å². The van der Waals surface area contributed by atoms with E-state index in [1.165, 1.54) is 0 Å². The van der Waals surface area contributed by atoms with Gasteiger partial charge in [-0.05, 0) is 24.7 Å². The minimum atomic E-state index is -3.19. The highest BCUT2D eigenvalue weighted by Crippen LogP contribution is 2.22. The first-order valence-electron chi connectivity index (χ1n) is 6.73. The van der Waals surface area contributed by atoms with E-state index in [1.54, 1.807) is 4.31 Å². The van der Waals surface area contributed by atoms with Crippen LogP contribution in [0.3, 0.4) is 0 Å². The van der Waals surface area contributed by atoms with Gasteiger partial charge in [0.2, 0.25) is 10.0 Å². The molecule has 0 fully saturated rings. The summed E-state index contributed by atoms with van der Waals surface area (Å²) in [5.74, 6) is 0.565. The maximum absolute atomic E-state index is 12.4. The van der Waals surface area contributed by atoms with Crippen LogP contribution in [0.1, 0.15) is 53.9 Å². The summed E-state index contributed by atoms with van der Waals surface area (Å²) in [7, 11) is -3.19. The van der Waals surface area contributed by atoms with E-state index in [9.17, 15) is 8.42 Å². The molecule has 0 atom stereocenters. The zero-order valence-corrected chi connectivity index (χ0v) is 13.9. The zero-order chi connectivity index (χ0) is 14.4. The van der Waals surface area contributed by atoms with Crippen LogP contribution in [0.5, 0.6) is 0 Å². The first-order valence-corrected chi connectivity index (χ1v) is 8.87. The summed E-state index contributed by atoms with van der Waals surface area (Å²) in [6.45, 7) is 10.6. The predicted molar refractivity (Wildman–Crippen MR) is 79.7 cm³/mol. The van der Waals surface area contributed by atoms with E-state index < -0.39 is 10.0 Å². The van der Waals surface area contributed by atoms with Crippen molar-refractivity contribution in [3.05, 3.63) is 0 Å². The van der Waals surface area contributed by atoms with Crippen molar-refractivity contribution in [2.24, 2.45) is 5.41 Å². The van der Waals surface area contributed by atoms with Crippen LogP contribution in [0.2, 0.25) is 0 Å². The molecule has 0 heterocycles. The van der Waals surface area contributed by atoms with Crippen LogP contribution >= 0.6 is 11.6 Å². The fraction of sp³-hybridized carbons (Fsp3) is 1.00. The average Bonchev–Trinajstić information content (AvgIpc) is 2.26. The second kappa shape index (κ2) is 7.71. The van der Waals surface area contributed by atoms with Crippen molar-refractivity contribution < 1.29 is 8.42 Å². The summed E-state index contributed by atoms with van der Waals surface area (Å²) in [5.41, 5.74) is 0.0353. The number of hydrogen-bond acceptors (Lipinski definition) is 2. The van der Waals surface area contributed by atoms with Gasteiger partial charge in [0.15, 0.2) is 0 Å². The van der Waals surface area contributed by atoms with E-state index in [0.717, 1.165) is 12.8 Å². The molecule has 0 aliphatic rings. The van der Waals surface area contributed by atoms with Gasteiger partial charge in [0.1, 0.15) is 0 Å². The number of hydrogen-bond donors (Lipinski definition) is 0. The van der Waals surface area contributed by atoms with Crippen LogP contribution in [0, 0.1) is 5.41 Å². The number of alkyl halides is 1. The third kappa shape index (κ3) is 6.39. The first-order chi connectivity index (χ1) is 8.18. The van der Waals surface area contributed by atoms with E-state index in [0.29, 0.717) is 18.8 Å². The van der Waals surface area contributed by atoms with Crippen molar-refractivity contribution in [3.8, 4) is 0 Å². The molecule has 0 rings (SSSR count). The molecular weight excluding hydrogens is 270 g/mol. The Morgan fingerprint density at radius 3 is 2.00 bits per heavy atom. The minimum absolute atomic E-state index is 0.0353. The topological polar surface area (TPSA) is 37.4 Å². The van der Waals surface area contributed by atoms with Gasteiger partial charge in [-0.15, -0.1) is 11.6 Å². The highest BCUT2D eigenvalue weighted by molar-refractivity contribution is 7.89. The smallest absolute Gasteiger partial charge is 0.212 e. The average molecular weight is 298 g/mol. The van der Waals surface area contributed by atoms with Gasteiger partial charge < -0.3 is 0 Å². The molecule has 0 saturated heterocycles. The lowest BCUT2D eigenvalue weighted by Gasteiger charge is -2.30. The maximum atomic E-state index is 12.4. The molecule has 0 spiro atoms. The largest absolute Gasteiger partial charge is 0.214 e. The van der Waals surface area contributed by atoms with Crippen molar-refractivity contribution in [3.63, 3.8) is 0 Å². The fourth-order valence-electron chi connectivity index (χ4n) is 1.88. The lowest BCUT2D eigenvalue weighted by atomic mass is 9.94. The van der Waals surface area contributed by atoms with Gasteiger partial charge in [-0.1, -0.05) is 34.6 Å². The van der Waals surface area contributed by atoms with E-state index in [2.05, 4.69) is 20.8 Å². The number of nitrogens with zero attached hydrogens (tertiary/aromatic N) is 1. The van der Waals surface area contributed by atoms with Crippen LogP contribution in [0.15, 0.2) is 0 Å². The molecule has 5 heteroatoms. The van der Waals surface area contributed by atoms with E-state index in [4.69, 9.17) is 11.6 Å². The standard InChI is InChI=1S/C13H28ClNO2S/c1-6-12(7-2)15(10-9-14)18(16,17)11-8-13(3,4)5/h12H,6-11H2,1-5H3. The molecule has 0 amide bonds. The van der Waals surface area contributed by atoms with Gasteiger partial charge in [0.05, 0.1) is 5.75 Å². The van der Waals surface area contributed by atoms with Crippen LogP contribution in [-0.4, -0.2) is 36.9 Å². The molecule has 0 aliphatic heterocycles. The highest BCUT2D eigenvalue weighted by Gasteiger charge is 2.28. The monoisotopic (exact) mass is 297 g/mol. The second-order valence-electron chi connectivity index (χ2n) is 5.90. The van der Waals surface area contributed by atoms with E-state index in [1.807, 2.05) is 13.8 Å². The zero-order valence-electron chi connectivity index (χ0n) is 12.4. The Morgan fingerprint density at radius 2 is 1.67 bits per heavy atom. The first kappa shape index (κ1) is 18.2. The summed E-state index contributed by atoms with van der Waals surface area (Å²) >= 11 is 5.74. The molecule has 110 valence electrons. The molecule has 3 nitrogen and oxygen atoms in total. The Morgan fingerprint density at radius 1 is 1.17 bits per heavy atom. The second-order valence-corrected chi connectivity index (χ2v) is 8.32. The van der Waals surface area contributed by atoms with Gasteiger partial charge in [0.25, 0.3) is 0 Å². The van der Waals surface area contributed by atoms with Crippen LogP contribution in [-0.2, 0) is 10.0 Å². The molecule has 0 aromatic carbocycles. The van der Waals surface area contributed by atoms with Crippen LogP contribution in [0.4, 0.5) is 0 Å². The van der Waals surface area contributed by atoms with Gasteiger partial charge in [-0.25, -0.2) is 8.42 Å². The van der Waals surface area contributed by atoms with Gasteiger partial charge in [-0.2, -0.15) is 4.31 Å². The molecule has 0 aromatic rings. The Bertz CT molecular complexity index is 318. The molecule has 0 saturated carbocycles. The predicted octanol–water partition coefficient (Wildman–Crippen LogP) is 3.48. The minimum Gasteiger partial charge on any atom is -0.212 e. The number of sulfonamides is 1.